The van der Waals surface area contributed by atoms with E-state index in [2.05, 4.69) is 5.32 Å². The van der Waals surface area contributed by atoms with Crippen molar-refractivity contribution in [3.8, 4) is 0 Å². The molecule has 2 atom stereocenters. The standard InChI is InChI=1S/C23H24N2O4/c1-16(26)25-14-13-17-7-5-6-10-19(17)21(25)15-22(27)24-20(11-12-23(28)29)18-8-3-2-4-9-18/h2-10,13-14,20-21H,11-12,15H2,1H3,(H,24,27)(H,28,29). The lowest BCUT2D eigenvalue weighted by Crippen LogP contribution is -2.36. The Morgan fingerprint density at radius 3 is 2.45 bits per heavy atom. The summed E-state index contributed by atoms with van der Waals surface area (Å²) in [4.78, 5) is 37.6. The van der Waals surface area contributed by atoms with E-state index < -0.39 is 18.1 Å². The minimum absolute atomic E-state index is 0.0472. The molecule has 29 heavy (non-hydrogen) atoms. The maximum absolute atomic E-state index is 12.9. The van der Waals surface area contributed by atoms with Crippen molar-refractivity contribution in [3.63, 3.8) is 0 Å². The Hall–Kier alpha value is -3.41. The predicted octanol–water partition coefficient (Wildman–Crippen LogP) is 3.67. The van der Waals surface area contributed by atoms with E-state index >= 15 is 0 Å². The van der Waals surface area contributed by atoms with Crippen LogP contribution in [0.25, 0.3) is 6.08 Å². The molecule has 2 unspecified atom stereocenters. The van der Waals surface area contributed by atoms with Crippen LogP contribution in [0.4, 0.5) is 0 Å². The first kappa shape index (κ1) is 20.3. The number of aliphatic carboxylic acids is 1. The van der Waals surface area contributed by atoms with E-state index in [1.54, 1.807) is 11.1 Å². The zero-order valence-corrected chi connectivity index (χ0v) is 16.2. The monoisotopic (exact) mass is 392 g/mol. The number of carboxylic acid groups (broad SMARTS) is 1. The van der Waals surface area contributed by atoms with Crippen molar-refractivity contribution in [3.05, 3.63) is 77.5 Å². The molecule has 2 N–H and O–H groups in total. The number of nitrogens with zero attached hydrogens (tertiary/aromatic N) is 1. The van der Waals surface area contributed by atoms with Gasteiger partial charge in [0.2, 0.25) is 11.8 Å². The molecule has 0 spiro atoms. The minimum atomic E-state index is -0.908. The molecule has 3 rings (SSSR count). The lowest BCUT2D eigenvalue weighted by molar-refractivity contribution is -0.137. The Labute approximate surface area is 169 Å². The van der Waals surface area contributed by atoms with Crippen LogP contribution in [0.5, 0.6) is 0 Å². The van der Waals surface area contributed by atoms with Crippen molar-refractivity contribution in [1.82, 2.24) is 10.2 Å². The van der Waals surface area contributed by atoms with Gasteiger partial charge in [0.05, 0.1) is 18.5 Å². The molecule has 0 saturated heterocycles. The van der Waals surface area contributed by atoms with E-state index in [1.165, 1.54) is 6.92 Å². The first-order valence-corrected chi connectivity index (χ1v) is 9.58. The zero-order chi connectivity index (χ0) is 20.8. The molecule has 1 aliphatic heterocycles. The van der Waals surface area contributed by atoms with Gasteiger partial charge in [-0.2, -0.15) is 0 Å². The molecule has 0 aromatic heterocycles. The number of carbonyl (C=O) groups is 3. The number of hydrogen-bond acceptors (Lipinski definition) is 3. The average Bonchev–Trinajstić information content (AvgIpc) is 2.71. The van der Waals surface area contributed by atoms with E-state index in [4.69, 9.17) is 5.11 Å². The zero-order valence-electron chi connectivity index (χ0n) is 16.2. The van der Waals surface area contributed by atoms with Crippen LogP contribution >= 0.6 is 0 Å². The molecule has 2 aromatic rings. The topological polar surface area (TPSA) is 86.7 Å². The molecular formula is C23H24N2O4. The molecule has 6 heteroatoms. The predicted molar refractivity (Wildman–Crippen MR) is 110 cm³/mol. The van der Waals surface area contributed by atoms with Crippen LogP contribution in [0.2, 0.25) is 0 Å². The van der Waals surface area contributed by atoms with Gasteiger partial charge < -0.3 is 15.3 Å². The van der Waals surface area contributed by atoms with Crippen LogP contribution in [0.15, 0.2) is 60.8 Å². The van der Waals surface area contributed by atoms with Gasteiger partial charge in [-0.3, -0.25) is 14.4 Å². The Bertz CT molecular complexity index is 923. The summed E-state index contributed by atoms with van der Waals surface area (Å²) in [5, 5.41) is 12.0. The number of hydrogen-bond donors (Lipinski definition) is 2. The quantitative estimate of drug-likeness (QED) is 0.753. The van der Waals surface area contributed by atoms with Crippen LogP contribution < -0.4 is 5.32 Å². The van der Waals surface area contributed by atoms with Gasteiger partial charge in [-0.25, -0.2) is 0 Å². The first-order valence-electron chi connectivity index (χ1n) is 9.58. The second kappa shape index (κ2) is 9.19. The Balaban J connectivity index is 1.78. The molecule has 0 radical (unpaired) electrons. The molecule has 150 valence electrons. The fourth-order valence-corrected chi connectivity index (χ4v) is 3.62. The van der Waals surface area contributed by atoms with Crippen molar-refractivity contribution in [1.29, 1.82) is 0 Å². The van der Waals surface area contributed by atoms with Gasteiger partial charge in [0.15, 0.2) is 0 Å². The lowest BCUT2D eigenvalue weighted by atomic mass is 9.93. The molecule has 0 bridgehead atoms. The van der Waals surface area contributed by atoms with E-state index in [9.17, 15) is 14.4 Å². The second-order valence-corrected chi connectivity index (χ2v) is 7.05. The van der Waals surface area contributed by atoms with Crippen LogP contribution in [0, 0.1) is 0 Å². The van der Waals surface area contributed by atoms with E-state index in [-0.39, 0.29) is 24.7 Å². The molecule has 0 fully saturated rings. The molecule has 1 heterocycles. The number of nitrogens with one attached hydrogen (secondary N) is 1. The van der Waals surface area contributed by atoms with Crippen molar-refractivity contribution < 1.29 is 19.5 Å². The molecular weight excluding hydrogens is 368 g/mol. The first-order chi connectivity index (χ1) is 14.0. The van der Waals surface area contributed by atoms with Gasteiger partial charge in [-0.15, -0.1) is 0 Å². The minimum Gasteiger partial charge on any atom is -0.481 e. The number of amides is 2. The summed E-state index contributed by atoms with van der Waals surface area (Å²) in [5.74, 6) is -1.28. The fourth-order valence-electron chi connectivity index (χ4n) is 3.62. The van der Waals surface area contributed by atoms with Gasteiger partial charge >= 0.3 is 5.97 Å². The number of carboxylic acids is 1. The molecule has 0 aliphatic carbocycles. The van der Waals surface area contributed by atoms with Gasteiger partial charge in [0, 0.05) is 19.5 Å². The van der Waals surface area contributed by atoms with Gasteiger partial charge in [-0.05, 0) is 29.2 Å². The van der Waals surface area contributed by atoms with Crippen molar-refractivity contribution in [2.24, 2.45) is 0 Å². The Morgan fingerprint density at radius 2 is 1.76 bits per heavy atom. The lowest BCUT2D eigenvalue weighted by Gasteiger charge is -2.32. The maximum atomic E-state index is 12.9. The smallest absolute Gasteiger partial charge is 0.303 e. The summed E-state index contributed by atoms with van der Waals surface area (Å²) in [6.07, 6.45) is 3.92. The third-order valence-electron chi connectivity index (χ3n) is 5.03. The van der Waals surface area contributed by atoms with Crippen LogP contribution in [-0.4, -0.2) is 27.8 Å². The van der Waals surface area contributed by atoms with Crippen LogP contribution in [0.3, 0.4) is 0 Å². The Kier molecular flexibility index (Phi) is 6.44. The average molecular weight is 392 g/mol. The van der Waals surface area contributed by atoms with E-state index in [0.717, 1.165) is 16.7 Å². The molecule has 2 amide bonds. The Morgan fingerprint density at radius 1 is 1.07 bits per heavy atom. The van der Waals surface area contributed by atoms with Crippen molar-refractivity contribution in [2.75, 3.05) is 0 Å². The summed E-state index contributed by atoms with van der Waals surface area (Å²) in [5.41, 5.74) is 2.75. The van der Waals surface area contributed by atoms with Gasteiger partial charge in [0.1, 0.15) is 0 Å². The fraction of sp³-hybridized carbons (Fsp3) is 0.261. The summed E-state index contributed by atoms with van der Waals surface area (Å²) in [7, 11) is 0. The SMILES string of the molecule is CC(=O)N1C=Cc2ccccc2C1CC(=O)NC(CCC(=O)O)c1ccccc1. The molecule has 1 aliphatic rings. The van der Waals surface area contributed by atoms with E-state index in [1.807, 2.05) is 60.7 Å². The highest BCUT2D eigenvalue weighted by Crippen LogP contribution is 2.33. The normalized spacial score (nSPS) is 16.0. The highest BCUT2D eigenvalue weighted by atomic mass is 16.4. The summed E-state index contributed by atoms with van der Waals surface area (Å²) in [6.45, 7) is 1.48. The number of rotatable bonds is 7. The highest BCUT2D eigenvalue weighted by Gasteiger charge is 2.29. The third kappa shape index (κ3) is 5.10. The maximum Gasteiger partial charge on any atom is 0.303 e. The number of fused-ring (bicyclic) bond motifs is 1. The second-order valence-electron chi connectivity index (χ2n) is 7.05. The summed E-state index contributed by atoms with van der Waals surface area (Å²) < 4.78 is 0. The largest absolute Gasteiger partial charge is 0.481 e. The summed E-state index contributed by atoms with van der Waals surface area (Å²) in [6, 6.07) is 16.2. The summed E-state index contributed by atoms with van der Waals surface area (Å²) >= 11 is 0. The number of carbonyl (C=O) groups excluding carboxylic acids is 2. The third-order valence-corrected chi connectivity index (χ3v) is 5.03. The van der Waals surface area contributed by atoms with Gasteiger partial charge in [0.25, 0.3) is 0 Å². The number of benzene rings is 2. The highest BCUT2D eigenvalue weighted by molar-refractivity contribution is 5.82. The molecule has 0 saturated carbocycles. The van der Waals surface area contributed by atoms with Crippen LogP contribution in [-0.2, 0) is 14.4 Å². The van der Waals surface area contributed by atoms with Crippen molar-refractivity contribution in [2.45, 2.75) is 38.3 Å². The molecule has 6 nitrogen and oxygen atoms in total. The molecule has 2 aromatic carbocycles. The van der Waals surface area contributed by atoms with Gasteiger partial charge in [-0.1, -0.05) is 54.6 Å². The van der Waals surface area contributed by atoms with Crippen LogP contribution in [0.1, 0.15) is 55.0 Å². The van der Waals surface area contributed by atoms with E-state index in [0.29, 0.717) is 6.42 Å². The van der Waals surface area contributed by atoms with Crippen molar-refractivity contribution >= 4 is 23.9 Å².